The SMILES string of the molecule is CC(NS(=O)(=O)c1ccc2ccccc2c1)c1ccc2c(c1)CCCC2. The first-order chi connectivity index (χ1) is 12.5. The molecule has 3 aromatic carbocycles. The molecule has 0 aliphatic heterocycles. The molecule has 0 aromatic heterocycles. The van der Waals surface area contributed by atoms with E-state index in [9.17, 15) is 8.42 Å². The van der Waals surface area contributed by atoms with Gasteiger partial charge in [0.2, 0.25) is 10.0 Å². The maximum atomic E-state index is 12.8. The molecule has 134 valence electrons. The van der Waals surface area contributed by atoms with Gasteiger partial charge in [-0.3, -0.25) is 0 Å². The lowest BCUT2D eigenvalue weighted by molar-refractivity contribution is 0.566. The summed E-state index contributed by atoms with van der Waals surface area (Å²) in [5.74, 6) is 0. The van der Waals surface area contributed by atoms with E-state index in [4.69, 9.17) is 0 Å². The average Bonchev–Trinajstić information content (AvgIpc) is 2.67. The second-order valence-electron chi connectivity index (χ2n) is 7.09. The highest BCUT2D eigenvalue weighted by Gasteiger charge is 2.20. The molecule has 0 saturated carbocycles. The third-order valence-corrected chi connectivity index (χ3v) is 6.77. The number of hydrogen-bond donors (Lipinski definition) is 1. The topological polar surface area (TPSA) is 46.2 Å². The minimum atomic E-state index is -3.57. The van der Waals surface area contributed by atoms with Crippen molar-refractivity contribution >= 4 is 20.8 Å². The van der Waals surface area contributed by atoms with Crippen molar-refractivity contribution in [1.82, 2.24) is 4.72 Å². The minimum absolute atomic E-state index is 0.265. The standard InChI is InChI=1S/C22H23NO2S/c1-16(19-11-10-17-6-2-4-8-20(17)14-19)23-26(24,25)22-13-12-18-7-3-5-9-21(18)15-22/h3,5,7,9-16,23H,2,4,6,8H2,1H3. The van der Waals surface area contributed by atoms with Gasteiger partial charge in [-0.05, 0) is 72.2 Å². The van der Waals surface area contributed by atoms with E-state index in [0.717, 1.165) is 29.2 Å². The van der Waals surface area contributed by atoms with E-state index in [1.807, 2.05) is 37.3 Å². The van der Waals surface area contributed by atoms with E-state index in [2.05, 4.69) is 22.9 Å². The van der Waals surface area contributed by atoms with Gasteiger partial charge in [-0.2, -0.15) is 0 Å². The molecule has 3 nitrogen and oxygen atoms in total. The second-order valence-corrected chi connectivity index (χ2v) is 8.80. The van der Waals surface area contributed by atoms with Crippen LogP contribution in [0, 0.1) is 0 Å². The van der Waals surface area contributed by atoms with Crippen LogP contribution in [0.5, 0.6) is 0 Å². The van der Waals surface area contributed by atoms with Crippen LogP contribution in [-0.4, -0.2) is 8.42 Å². The number of sulfonamides is 1. The summed E-state index contributed by atoms with van der Waals surface area (Å²) < 4.78 is 28.5. The summed E-state index contributed by atoms with van der Waals surface area (Å²) in [7, 11) is -3.57. The van der Waals surface area contributed by atoms with Gasteiger partial charge in [0, 0.05) is 6.04 Å². The predicted octanol–water partition coefficient (Wildman–Crippen LogP) is 4.76. The molecule has 4 rings (SSSR count). The van der Waals surface area contributed by atoms with Crippen LogP contribution in [-0.2, 0) is 22.9 Å². The zero-order valence-corrected chi connectivity index (χ0v) is 15.7. The Kier molecular flexibility index (Phi) is 4.55. The molecular weight excluding hydrogens is 342 g/mol. The maximum absolute atomic E-state index is 12.8. The zero-order chi connectivity index (χ0) is 18.1. The van der Waals surface area contributed by atoms with Gasteiger partial charge < -0.3 is 0 Å². The Balaban J connectivity index is 1.60. The molecule has 0 radical (unpaired) electrons. The number of nitrogens with one attached hydrogen (secondary N) is 1. The third-order valence-electron chi connectivity index (χ3n) is 5.24. The fraction of sp³-hybridized carbons (Fsp3) is 0.273. The van der Waals surface area contributed by atoms with Crippen molar-refractivity contribution in [2.45, 2.75) is 43.5 Å². The molecule has 0 spiro atoms. The Morgan fingerprint density at radius 2 is 1.58 bits per heavy atom. The fourth-order valence-electron chi connectivity index (χ4n) is 3.73. The molecule has 1 unspecified atom stereocenters. The van der Waals surface area contributed by atoms with Crippen molar-refractivity contribution in [2.24, 2.45) is 0 Å². The van der Waals surface area contributed by atoms with Crippen molar-refractivity contribution < 1.29 is 8.42 Å². The first-order valence-electron chi connectivity index (χ1n) is 9.16. The molecule has 0 fully saturated rings. The summed E-state index contributed by atoms with van der Waals surface area (Å²) in [5, 5.41) is 1.96. The molecule has 3 aromatic rings. The molecule has 0 bridgehead atoms. The molecule has 1 atom stereocenters. The van der Waals surface area contributed by atoms with Gasteiger partial charge in [0.05, 0.1) is 4.90 Å². The number of aryl methyl sites for hydroxylation is 2. The number of rotatable bonds is 4. The van der Waals surface area contributed by atoms with Crippen molar-refractivity contribution in [2.75, 3.05) is 0 Å². The normalized spacial score (nSPS) is 15.6. The fourth-order valence-corrected chi connectivity index (χ4v) is 4.99. The summed E-state index contributed by atoms with van der Waals surface area (Å²) in [6.07, 6.45) is 4.68. The van der Waals surface area contributed by atoms with Crippen LogP contribution in [0.25, 0.3) is 10.8 Å². The monoisotopic (exact) mass is 365 g/mol. The van der Waals surface area contributed by atoms with Gasteiger partial charge in [-0.15, -0.1) is 0 Å². The Bertz CT molecular complexity index is 1060. The molecule has 1 aliphatic carbocycles. The lowest BCUT2D eigenvalue weighted by Gasteiger charge is -2.20. The molecule has 26 heavy (non-hydrogen) atoms. The van der Waals surface area contributed by atoms with Crippen LogP contribution in [0.15, 0.2) is 65.6 Å². The van der Waals surface area contributed by atoms with Crippen LogP contribution in [0.4, 0.5) is 0 Å². The largest absolute Gasteiger partial charge is 0.241 e. The average molecular weight is 365 g/mol. The summed E-state index contributed by atoms with van der Waals surface area (Å²) in [6.45, 7) is 1.91. The van der Waals surface area contributed by atoms with Gasteiger partial charge >= 0.3 is 0 Å². The van der Waals surface area contributed by atoms with Gasteiger partial charge in [0.25, 0.3) is 0 Å². The quantitative estimate of drug-likeness (QED) is 0.725. The van der Waals surface area contributed by atoms with Gasteiger partial charge in [0.15, 0.2) is 0 Å². The lowest BCUT2D eigenvalue weighted by Crippen LogP contribution is -2.27. The molecular formula is C22H23NO2S. The van der Waals surface area contributed by atoms with Crippen LogP contribution >= 0.6 is 0 Å². The number of fused-ring (bicyclic) bond motifs is 2. The Morgan fingerprint density at radius 1 is 0.846 bits per heavy atom. The van der Waals surface area contributed by atoms with E-state index >= 15 is 0 Å². The zero-order valence-electron chi connectivity index (χ0n) is 14.9. The van der Waals surface area contributed by atoms with E-state index < -0.39 is 10.0 Å². The molecule has 0 amide bonds. The number of benzene rings is 3. The van der Waals surface area contributed by atoms with Crippen molar-refractivity contribution in [1.29, 1.82) is 0 Å². The predicted molar refractivity (Wildman–Crippen MR) is 106 cm³/mol. The Morgan fingerprint density at radius 3 is 2.38 bits per heavy atom. The number of hydrogen-bond acceptors (Lipinski definition) is 2. The molecule has 0 saturated heterocycles. The van der Waals surface area contributed by atoms with Gasteiger partial charge in [0.1, 0.15) is 0 Å². The highest BCUT2D eigenvalue weighted by Crippen LogP contribution is 2.26. The smallest absolute Gasteiger partial charge is 0.207 e. The Labute approximate surface area is 155 Å². The highest BCUT2D eigenvalue weighted by atomic mass is 32.2. The molecule has 0 heterocycles. The van der Waals surface area contributed by atoms with Gasteiger partial charge in [-0.1, -0.05) is 48.5 Å². The highest BCUT2D eigenvalue weighted by molar-refractivity contribution is 7.89. The van der Waals surface area contributed by atoms with Crippen molar-refractivity contribution in [3.05, 3.63) is 77.4 Å². The van der Waals surface area contributed by atoms with Crippen LogP contribution in [0.1, 0.15) is 42.5 Å². The van der Waals surface area contributed by atoms with Crippen molar-refractivity contribution in [3.8, 4) is 0 Å². The molecule has 1 N–H and O–H groups in total. The van der Waals surface area contributed by atoms with Crippen LogP contribution < -0.4 is 4.72 Å². The first kappa shape index (κ1) is 17.3. The lowest BCUT2D eigenvalue weighted by atomic mass is 9.89. The summed E-state index contributed by atoms with van der Waals surface area (Å²) in [5.41, 5.74) is 3.80. The van der Waals surface area contributed by atoms with Crippen LogP contribution in [0.3, 0.4) is 0 Å². The Hall–Kier alpha value is -2.17. The van der Waals surface area contributed by atoms with Gasteiger partial charge in [-0.25, -0.2) is 13.1 Å². The first-order valence-corrected chi connectivity index (χ1v) is 10.6. The van der Waals surface area contributed by atoms with Crippen LogP contribution in [0.2, 0.25) is 0 Å². The van der Waals surface area contributed by atoms with E-state index in [1.54, 1.807) is 12.1 Å². The molecule has 1 aliphatic rings. The second kappa shape index (κ2) is 6.86. The van der Waals surface area contributed by atoms with E-state index in [1.165, 1.54) is 24.0 Å². The van der Waals surface area contributed by atoms with E-state index in [-0.39, 0.29) is 6.04 Å². The minimum Gasteiger partial charge on any atom is -0.207 e. The summed E-state index contributed by atoms with van der Waals surface area (Å²) in [6, 6.07) is 19.2. The summed E-state index contributed by atoms with van der Waals surface area (Å²) >= 11 is 0. The maximum Gasteiger partial charge on any atom is 0.241 e. The van der Waals surface area contributed by atoms with Crippen molar-refractivity contribution in [3.63, 3.8) is 0 Å². The van der Waals surface area contributed by atoms with E-state index in [0.29, 0.717) is 4.90 Å². The third kappa shape index (κ3) is 3.39. The summed E-state index contributed by atoms with van der Waals surface area (Å²) in [4.78, 5) is 0.306. The molecule has 4 heteroatoms.